The minimum absolute atomic E-state index is 0.0452. The summed E-state index contributed by atoms with van der Waals surface area (Å²) in [5, 5.41) is 11.6. The van der Waals surface area contributed by atoms with E-state index in [-0.39, 0.29) is 5.56 Å². The summed E-state index contributed by atoms with van der Waals surface area (Å²) in [6.07, 6.45) is 1.07. The number of carbonyl (C=O) groups excluding carboxylic acids is 1. The summed E-state index contributed by atoms with van der Waals surface area (Å²) >= 11 is 3.50. The Morgan fingerprint density at radius 2 is 2.07 bits per heavy atom. The number of benzene rings is 1. The van der Waals surface area contributed by atoms with Crippen LogP contribution < -0.4 is 10.9 Å². The van der Waals surface area contributed by atoms with E-state index in [1.807, 2.05) is 45.9 Å². The quantitative estimate of drug-likeness (QED) is 0.570. The molecule has 7 nitrogen and oxygen atoms in total. The molecule has 0 saturated carbocycles. The van der Waals surface area contributed by atoms with Gasteiger partial charge in [-0.05, 0) is 58.7 Å². The lowest BCUT2D eigenvalue weighted by Crippen LogP contribution is -2.33. The highest BCUT2D eigenvalue weighted by Crippen LogP contribution is 2.26. The average Bonchev–Trinajstić information content (AvgIpc) is 2.98. The molecule has 1 amide bonds. The van der Waals surface area contributed by atoms with Crippen LogP contribution in [0.4, 0.5) is 4.79 Å². The first-order chi connectivity index (χ1) is 13.2. The number of alkyl carbamates (subject to hydrolysis) is 1. The number of hydrogen-bond acceptors (Lipinski definition) is 4. The minimum atomic E-state index is -0.511. The maximum absolute atomic E-state index is 13.0. The van der Waals surface area contributed by atoms with Gasteiger partial charge in [-0.3, -0.25) is 9.89 Å². The Morgan fingerprint density at radius 1 is 1.32 bits per heavy atom. The number of carbonyl (C=O) groups is 1. The molecular formula is C20H25BrN4O3. The maximum atomic E-state index is 13.0. The summed E-state index contributed by atoms with van der Waals surface area (Å²) in [4.78, 5) is 24.7. The number of ether oxygens (including phenoxy) is 1. The molecule has 0 saturated heterocycles. The van der Waals surface area contributed by atoms with E-state index in [1.165, 1.54) is 0 Å². The van der Waals surface area contributed by atoms with E-state index >= 15 is 0 Å². The molecule has 28 heavy (non-hydrogen) atoms. The molecule has 0 radical (unpaired) electrons. The highest BCUT2D eigenvalue weighted by atomic mass is 79.9. The number of nitrogens with zero attached hydrogens (tertiary/aromatic N) is 2. The van der Waals surface area contributed by atoms with E-state index < -0.39 is 11.7 Å². The largest absolute Gasteiger partial charge is 0.444 e. The van der Waals surface area contributed by atoms with Crippen molar-refractivity contribution in [1.29, 1.82) is 0 Å². The summed E-state index contributed by atoms with van der Waals surface area (Å²) in [6, 6.07) is 5.84. The number of amides is 1. The Kier molecular flexibility index (Phi) is 5.79. The molecular weight excluding hydrogens is 424 g/mol. The van der Waals surface area contributed by atoms with E-state index in [0.717, 1.165) is 33.9 Å². The van der Waals surface area contributed by atoms with E-state index in [2.05, 4.69) is 31.4 Å². The number of H-pyrrole nitrogens is 1. The molecule has 8 heteroatoms. The zero-order chi connectivity index (χ0) is 20.5. The summed E-state index contributed by atoms with van der Waals surface area (Å²) in [5.74, 6) is 0. The van der Waals surface area contributed by atoms with Crippen molar-refractivity contribution in [3.05, 3.63) is 38.7 Å². The topological polar surface area (TPSA) is 89.0 Å². The highest BCUT2D eigenvalue weighted by molar-refractivity contribution is 9.10. The van der Waals surface area contributed by atoms with E-state index in [4.69, 9.17) is 4.74 Å². The Bertz CT molecular complexity index is 1080. The van der Waals surface area contributed by atoms with Gasteiger partial charge in [-0.2, -0.15) is 5.10 Å². The summed E-state index contributed by atoms with van der Waals surface area (Å²) in [7, 11) is 0. The van der Waals surface area contributed by atoms with Crippen molar-refractivity contribution in [3.63, 3.8) is 0 Å². The summed E-state index contributed by atoms with van der Waals surface area (Å²) < 4.78 is 7.95. The first-order valence-corrected chi connectivity index (χ1v) is 10.1. The van der Waals surface area contributed by atoms with Crippen LogP contribution in [0.25, 0.3) is 21.8 Å². The molecule has 0 unspecified atom stereocenters. The van der Waals surface area contributed by atoms with Crippen LogP contribution in [0.3, 0.4) is 0 Å². The zero-order valence-electron chi connectivity index (χ0n) is 16.6. The fraction of sp³-hybridized carbons (Fsp3) is 0.450. The molecule has 0 spiro atoms. The van der Waals surface area contributed by atoms with Gasteiger partial charge < -0.3 is 14.6 Å². The van der Waals surface area contributed by atoms with Gasteiger partial charge in [-0.1, -0.05) is 15.9 Å². The Morgan fingerprint density at radius 3 is 2.79 bits per heavy atom. The van der Waals surface area contributed by atoms with Crippen LogP contribution in [0.15, 0.2) is 27.5 Å². The predicted octanol–water partition coefficient (Wildman–Crippen LogP) is 4.25. The van der Waals surface area contributed by atoms with Crippen molar-refractivity contribution in [2.24, 2.45) is 0 Å². The first kappa shape index (κ1) is 20.4. The molecule has 150 valence electrons. The third-order valence-corrected chi connectivity index (χ3v) is 4.88. The van der Waals surface area contributed by atoms with Crippen LogP contribution in [0.2, 0.25) is 0 Å². The Balaban J connectivity index is 1.76. The number of aryl methyl sites for hydroxylation is 2. The van der Waals surface area contributed by atoms with E-state index in [9.17, 15) is 9.59 Å². The number of pyridine rings is 1. The molecule has 0 aliphatic heterocycles. The van der Waals surface area contributed by atoms with E-state index in [1.54, 1.807) is 4.57 Å². The molecule has 3 aromatic rings. The lowest BCUT2D eigenvalue weighted by atomic mass is 10.1. The summed E-state index contributed by atoms with van der Waals surface area (Å²) in [5.41, 5.74) is 1.76. The number of fused-ring (bicyclic) bond motifs is 3. The number of aromatic amines is 1. The van der Waals surface area contributed by atoms with Gasteiger partial charge in [0, 0.05) is 28.6 Å². The number of halogens is 1. The number of hydrogen-bond donors (Lipinski definition) is 2. The number of aromatic nitrogens is 3. The van der Waals surface area contributed by atoms with Gasteiger partial charge in [0.1, 0.15) is 11.1 Å². The molecule has 2 aromatic heterocycles. The van der Waals surface area contributed by atoms with E-state index in [0.29, 0.717) is 24.0 Å². The van der Waals surface area contributed by atoms with Crippen molar-refractivity contribution in [1.82, 2.24) is 20.1 Å². The molecule has 0 atom stereocenters. The van der Waals surface area contributed by atoms with Gasteiger partial charge in [0.25, 0.3) is 5.56 Å². The van der Waals surface area contributed by atoms with Crippen molar-refractivity contribution in [2.75, 3.05) is 6.54 Å². The molecule has 1 aromatic carbocycles. The van der Waals surface area contributed by atoms with Crippen LogP contribution in [0, 0.1) is 6.92 Å². The van der Waals surface area contributed by atoms with Crippen LogP contribution in [0.1, 0.15) is 39.3 Å². The Hall–Kier alpha value is -2.35. The molecule has 0 fully saturated rings. The first-order valence-electron chi connectivity index (χ1n) is 9.31. The SMILES string of the molecule is Cc1[nH]nc2c1c(=O)n(CCCCNC(=O)OC(C)(C)C)c1ccc(Br)cc21. The molecule has 0 aliphatic rings. The predicted molar refractivity (Wildman–Crippen MR) is 114 cm³/mol. The molecule has 0 aliphatic carbocycles. The normalized spacial score (nSPS) is 11.9. The van der Waals surface area contributed by atoms with Gasteiger partial charge in [0.05, 0.1) is 10.9 Å². The van der Waals surface area contributed by atoms with Crippen molar-refractivity contribution >= 4 is 43.8 Å². The highest BCUT2D eigenvalue weighted by Gasteiger charge is 2.16. The molecule has 3 rings (SSSR count). The van der Waals surface area contributed by atoms with Crippen LogP contribution in [0.5, 0.6) is 0 Å². The zero-order valence-corrected chi connectivity index (χ0v) is 18.1. The van der Waals surface area contributed by atoms with Crippen molar-refractivity contribution in [3.8, 4) is 0 Å². The smallest absolute Gasteiger partial charge is 0.407 e. The third-order valence-electron chi connectivity index (χ3n) is 4.39. The lowest BCUT2D eigenvalue weighted by molar-refractivity contribution is 0.0527. The second kappa shape index (κ2) is 7.95. The maximum Gasteiger partial charge on any atom is 0.407 e. The monoisotopic (exact) mass is 448 g/mol. The van der Waals surface area contributed by atoms with Crippen LogP contribution in [-0.2, 0) is 11.3 Å². The fourth-order valence-corrected chi connectivity index (χ4v) is 3.55. The third kappa shape index (κ3) is 4.38. The number of nitrogens with one attached hydrogen (secondary N) is 2. The molecule has 2 heterocycles. The fourth-order valence-electron chi connectivity index (χ4n) is 3.18. The van der Waals surface area contributed by atoms with Crippen LogP contribution >= 0.6 is 15.9 Å². The number of rotatable bonds is 5. The second-order valence-electron chi connectivity index (χ2n) is 7.83. The minimum Gasteiger partial charge on any atom is -0.444 e. The standard InChI is InChI=1S/C20H25BrN4O3/c1-12-16-17(24-23-12)14-11-13(21)7-8-15(14)25(18(16)26)10-6-5-9-22-19(27)28-20(2,3)4/h7-8,11H,5-6,9-10H2,1-4H3,(H,22,27)(H,23,24). The number of unbranched alkanes of at least 4 members (excludes halogenated alkanes) is 1. The van der Waals surface area contributed by atoms with Gasteiger partial charge in [0.2, 0.25) is 0 Å². The second-order valence-corrected chi connectivity index (χ2v) is 8.74. The Labute approximate surface area is 171 Å². The van der Waals surface area contributed by atoms with Crippen molar-refractivity contribution < 1.29 is 9.53 Å². The molecule has 2 N–H and O–H groups in total. The van der Waals surface area contributed by atoms with Crippen LogP contribution in [-0.4, -0.2) is 33.0 Å². The van der Waals surface area contributed by atoms with Gasteiger partial charge in [-0.25, -0.2) is 4.79 Å². The molecule has 0 bridgehead atoms. The summed E-state index contributed by atoms with van der Waals surface area (Å²) in [6.45, 7) is 8.41. The average molecular weight is 449 g/mol. The van der Waals surface area contributed by atoms with Crippen molar-refractivity contribution in [2.45, 2.75) is 52.7 Å². The van der Waals surface area contributed by atoms with Gasteiger partial charge >= 0.3 is 6.09 Å². The van der Waals surface area contributed by atoms with Gasteiger partial charge in [0.15, 0.2) is 0 Å². The lowest BCUT2D eigenvalue weighted by Gasteiger charge is -2.19. The van der Waals surface area contributed by atoms with Gasteiger partial charge in [-0.15, -0.1) is 0 Å².